The van der Waals surface area contributed by atoms with Crippen LogP contribution in [0.3, 0.4) is 0 Å². The molecule has 0 fully saturated rings. The fourth-order valence-corrected chi connectivity index (χ4v) is 2.99. The summed E-state index contributed by atoms with van der Waals surface area (Å²) in [7, 11) is 1.28. The Morgan fingerprint density at radius 2 is 1.86 bits per heavy atom. The van der Waals surface area contributed by atoms with Crippen LogP contribution in [-0.2, 0) is 13.8 Å². The number of aromatic nitrogens is 1. The van der Waals surface area contributed by atoms with Gasteiger partial charge in [0.2, 0.25) is 0 Å². The van der Waals surface area contributed by atoms with Crippen molar-refractivity contribution in [3.05, 3.63) is 29.3 Å². The van der Waals surface area contributed by atoms with Gasteiger partial charge in [-0.15, -0.1) is 0 Å². The highest BCUT2D eigenvalue weighted by atomic mass is 35.7. The van der Waals surface area contributed by atoms with Crippen molar-refractivity contribution in [2.24, 2.45) is 0 Å². The molecule has 0 aliphatic rings. The summed E-state index contributed by atoms with van der Waals surface area (Å²) >= 11 is 5.90. The summed E-state index contributed by atoms with van der Waals surface area (Å²) < 4.78 is 29.5. The minimum Gasteiger partial charge on any atom is -0.443 e. The quantitative estimate of drug-likeness (QED) is 0.729. The lowest BCUT2D eigenvalue weighted by Crippen LogP contribution is -2.28. The molecule has 0 radical (unpaired) electrons. The molecule has 2 aromatic rings. The Bertz CT molecular complexity index is 819. The lowest BCUT2D eigenvalue weighted by Gasteiger charge is -2.20. The average molecular weight is 350 g/mol. The first-order chi connectivity index (χ1) is 9.49. The van der Waals surface area contributed by atoms with E-state index >= 15 is 0 Å². The van der Waals surface area contributed by atoms with E-state index in [9.17, 15) is 13.2 Å². The van der Waals surface area contributed by atoms with Gasteiger partial charge >= 0.3 is 6.09 Å². The molecule has 0 spiro atoms. The highest BCUT2D eigenvalue weighted by Gasteiger charge is 2.27. The lowest BCUT2D eigenvalue weighted by atomic mass is 10.2. The van der Waals surface area contributed by atoms with Gasteiger partial charge in [0.25, 0.3) is 9.05 Å². The number of carbonyl (C=O) groups is 1. The summed E-state index contributed by atoms with van der Waals surface area (Å²) in [6, 6.07) is 5.97. The Morgan fingerprint density at radius 1 is 1.24 bits per heavy atom. The fourth-order valence-electron chi connectivity index (χ4n) is 1.82. The monoisotopic (exact) mass is 349 g/mol. The molecule has 0 amide bonds. The van der Waals surface area contributed by atoms with Crippen LogP contribution < -0.4 is 0 Å². The standard InChI is InChI=1S/C13H13Cl2NO4S/c1-13(2,3)20-12(17)16-10-7-9(14)5-4-8(10)6-11(16)21(15,18)19/h4-7H,1-3H3. The van der Waals surface area contributed by atoms with Gasteiger partial charge in [-0.1, -0.05) is 17.7 Å². The molecule has 0 aliphatic carbocycles. The maximum Gasteiger partial charge on any atom is 0.420 e. The van der Waals surface area contributed by atoms with Gasteiger partial charge < -0.3 is 4.74 Å². The van der Waals surface area contributed by atoms with Gasteiger partial charge in [-0.3, -0.25) is 0 Å². The number of nitrogens with zero attached hydrogens (tertiary/aromatic N) is 1. The first-order valence-corrected chi connectivity index (χ1v) is 8.67. The fraction of sp³-hybridized carbons (Fsp3) is 0.308. The molecule has 21 heavy (non-hydrogen) atoms. The second-order valence-corrected chi connectivity index (χ2v) is 8.39. The summed E-state index contributed by atoms with van der Waals surface area (Å²) in [5.41, 5.74) is -0.462. The number of rotatable bonds is 1. The number of fused-ring (bicyclic) bond motifs is 1. The molecule has 0 saturated carbocycles. The number of hydrogen-bond acceptors (Lipinski definition) is 4. The van der Waals surface area contributed by atoms with Crippen molar-refractivity contribution in [3.8, 4) is 0 Å². The third-order valence-corrected chi connectivity index (χ3v) is 4.07. The molecule has 2 rings (SSSR count). The highest BCUT2D eigenvalue weighted by Crippen LogP contribution is 2.29. The molecule has 1 heterocycles. The smallest absolute Gasteiger partial charge is 0.420 e. The second kappa shape index (κ2) is 5.19. The van der Waals surface area contributed by atoms with Crippen LogP contribution in [0.4, 0.5) is 4.79 Å². The van der Waals surface area contributed by atoms with E-state index in [0.717, 1.165) is 4.57 Å². The van der Waals surface area contributed by atoms with Crippen molar-refractivity contribution in [2.75, 3.05) is 0 Å². The van der Waals surface area contributed by atoms with Crippen molar-refractivity contribution in [2.45, 2.75) is 31.4 Å². The molecule has 0 atom stereocenters. The molecular weight excluding hydrogens is 337 g/mol. The second-order valence-electron chi connectivity index (χ2n) is 5.44. The normalized spacial score (nSPS) is 12.6. The Hall–Kier alpha value is -1.24. The zero-order valence-corrected chi connectivity index (χ0v) is 13.9. The maximum absolute atomic E-state index is 12.3. The van der Waals surface area contributed by atoms with E-state index in [1.807, 2.05) is 0 Å². The van der Waals surface area contributed by atoms with Gasteiger partial charge in [-0.05, 0) is 39.0 Å². The molecule has 5 nitrogen and oxygen atoms in total. The Balaban J connectivity index is 2.74. The van der Waals surface area contributed by atoms with Crippen LogP contribution in [-0.4, -0.2) is 24.7 Å². The predicted molar refractivity (Wildman–Crippen MR) is 81.6 cm³/mol. The predicted octanol–water partition coefficient (Wildman–Crippen LogP) is 4.01. The zero-order chi connectivity index (χ0) is 16.0. The van der Waals surface area contributed by atoms with E-state index < -0.39 is 20.7 Å². The number of carbonyl (C=O) groups excluding carboxylic acids is 1. The Kier molecular flexibility index (Phi) is 3.99. The van der Waals surface area contributed by atoms with Crippen LogP contribution in [0.1, 0.15) is 20.8 Å². The molecule has 0 unspecified atom stereocenters. The zero-order valence-electron chi connectivity index (χ0n) is 11.6. The van der Waals surface area contributed by atoms with Crippen LogP contribution in [0.2, 0.25) is 5.02 Å². The lowest BCUT2D eigenvalue weighted by molar-refractivity contribution is 0.0530. The third-order valence-electron chi connectivity index (χ3n) is 2.56. The van der Waals surface area contributed by atoms with Crippen LogP contribution >= 0.6 is 22.3 Å². The van der Waals surface area contributed by atoms with Crippen molar-refractivity contribution >= 4 is 48.3 Å². The summed E-state index contributed by atoms with van der Waals surface area (Å²) in [4.78, 5) is 12.3. The minimum atomic E-state index is -4.12. The molecular formula is C13H13Cl2NO4S. The van der Waals surface area contributed by atoms with E-state index in [1.54, 1.807) is 32.9 Å². The van der Waals surface area contributed by atoms with Crippen molar-refractivity contribution in [1.29, 1.82) is 0 Å². The van der Waals surface area contributed by atoms with E-state index in [-0.39, 0.29) is 5.03 Å². The van der Waals surface area contributed by atoms with E-state index in [0.29, 0.717) is 15.9 Å². The van der Waals surface area contributed by atoms with Crippen LogP contribution in [0.25, 0.3) is 10.9 Å². The topological polar surface area (TPSA) is 65.4 Å². The van der Waals surface area contributed by atoms with Crippen molar-refractivity contribution in [3.63, 3.8) is 0 Å². The first kappa shape index (κ1) is 16.1. The SMILES string of the molecule is CC(C)(C)OC(=O)n1c(S(=O)(=O)Cl)cc2ccc(Cl)cc21. The number of benzene rings is 1. The Morgan fingerprint density at radius 3 is 2.38 bits per heavy atom. The Labute approximate surface area is 131 Å². The molecule has 0 aliphatic heterocycles. The third kappa shape index (κ3) is 3.51. The summed E-state index contributed by atoms with van der Waals surface area (Å²) in [5.74, 6) is 0. The number of hydrogen-bond donors (Lipinski definition) is 0. The largest absolute Gasteiger partial charge is 0.443 e. The summed E-state index contributed by atoms with van der Waals surface area (Å²) in [6.07, 6.45) is -0.834. The molecule has 114 valence electrons. The van der Waals surface area contributed by atoms with Gasteiger partial charge in [0.05, 0.1) is 5.52 Å². The summed E-state index contributed by atoms with van der Waals surface area (Å²) in [6.45, 7) is 5.04. The van der Waals surface area contributed by atoms with Gasteiger partial charge in [0.15, 0.2) is 5.03 Å². The first-order valence-electron chi connectivity index (χ1n) is 5.98. The van der Waals surface area contributed by atoms with Gasteiger partial charge in [0.1, 0.15) is 5.60 Å². The van der Waals surface area contributed by atoms with E-state index in [2.05, 4.69) is 0 Å². The minimum absolute atomic E-state index is 0.316. The highest BCUT2D eigenvalue weighted by molar-refractivity contribution is 8.13. The van der Waals surface area contributed by atoms with Gasteiger partial charge in [0, 0.05) is 21.1 Å². The van der Waals surface area contributed by atoms with Crippen LogP contribution in [0.5, 0.6) is 0 Å². The van der Waals surface area contributed by atoms with E-state index in [4.69, 9.17) is 27.0 Å². The van der Waals surface area contributed by atoms with Crippen LogP contribution in [0, 0.1) is 0 Å². The van der Waals surface area contributed by atoms with Gasteiger partial charge in [-0.25, -0.2) is 17.8 Å². The van der Waals surface area contributed by atoms with Crippen molar-refractivity contribution < 1.29 is 17.9 Å². The molecule has 0 saturated heterocycles. The van der Waals surface area contributed by atoms with E-state index in [1.165, 1.54) is 12.1 Å². The van der Waals surface area contributed by atoms with Gasteiger partial charge in [-0.2, -0.15) is 0 Å². The van der Waals surface area contributed by atoms with Crippen LogP contribution in [0.15, 0.2) is 29.3 Å². The number of ether oxygens (including phenoxy) is 1. The molecule has 0 N–H and O–H groups in total. The van der Waals surface area contributed by atoms with Crippen molar-refractivity contribution in [1.82, 2.24) is 4.57 Å². The molecule has 1 aromatic heterocycles. The summed E-state index contributed by atoms with van der Waals surface area (Å²) in [5, 5.41) is 0.532. The maximum atomic E-state index is 12.3. The molecule has 8 heteroatoms. The molecule has 0 bridgehead atoms. The number of halogens is 2. The average Bonchev–Trinajstić information content (AvgIpc) is 2.64. The molecule has 1 aromatic carbocycles.